The van der Waals surface area contributed by atoms with Crippen LogP contribution in [0.2, 0.25) is 0 Å². The van der Waals surface area contributed by atoms with Gasteiger partial charge in [-0.15, -0.1) is 0 Å². The smallest absolute Gasteiger partial charge is 0.305 e. The lowest BCUT2D eigenvalue weighted by atomic mass is 9.50. The van der Waals surface area contributed by atoms with E-state index in [1.807, 2.05) is 13.0 Å². The van der Waals surface area contributed by atoms with Crippen molar-refractivity contribution in [2.75, 3.05) is 13.2 Å². The fraction of sp³-hybridized carbons (Fsp3) is 0.667. The second-order valence-electron chi connectivity index (χ2n) is 8.35. The van der Waals surface area contributed by atoms with Crippen LogP contribution in [0.25, 0.3) is 0 Å². The van der Waals surface area contributed by atoms with Gasteiger partial charge in [0.05, 0.1) is 19.3 Å². The average Bonchev–Trinajstić information content (AvgIpc) is 2.59. The van der Waals surface area contributed by atoms with Crippen molar-refractivity contribution in [3.63, 3.8) is 0 Å². The van der Waals surface area contributed by atoms with Gasteiger partial charge in [0.15, 0.2) is 0 Å². The third-order valence-electron chi connectivity index (χ3n) is 7.06. The van der Waals surface area contributed by atoms with Gasteiger partial charge in [0.2, 0.25) is 0 Å². The van der Waals surface area contributed by atoms with Crippen molar-refractivity contribution >= 4 is 5.97 Å². The zero-order chi connectivity index (χ0) is 17.8. The third kappa shape index (κ3) is 2.33. The van der Waals surface area contributed by atoms with Gasteiger partial charge in [-0.25, -0.2) is 0 Å². The number of ether oxygens (including phenoxy) is 3. The summed E-state index contributed by atoms with van der Waals surface area (Å²) in [6.07, 6.45) is 1.44. The number of hydrogen-bond acceptors (Lipinski definition) is 4. The standard InChI is InChI=1S/C21H28O4/c1-5-17(22)23-11-21-12-24-19-15-8-6-7-9-16(15)25-20(4,10-13(21)2)18(19)14(21)3/h6-9,13-14,18-19H,5,10-12H2,1-4H3/t13-,14-,18-,19+,20+,21-/m0/s1. The molecule has 0 amide bonds. The van der Waals surface area contributed by atoms with E-state index in [0.717, 1.165) is 17.7 Å². The molecule has 1 saturated carbocycles. The third-order valence-corrected chi connectivity index (χ3v) is 7.06. The van der Waals surface area contributed by atoms with Gasteiger partial charge in [0, 0.05) is 23.3 Å². The minimum atomic E-state index is -0.240. The van der Waals surface area contributed by atoms with Gasteiger partial charge >= 0.3 is 5.97 Å². The van der Waals surface area contributed by atoms with Crippen LogP contribution in [0.1, 0.15) is 52.2 Å². The van der Waals surface area contributed by atoms with E-state index in [4.69, 9.17) is 14.2 Å². The highest BCUT2D eigenvalue weighted by atomic mass is 16.5. The maximum absolute atomic E-state index is 11.8. The van der Waals surface area contributed by atoms with Gasteiger partial charge in [-0.05, 0) is 31.2 Å². The Hall–Kier alpha value is -1.55. The summed E-state index contributed by atoms with van der Waals surface area (Å²) in [5.74, 6) is 1.82. The lowest BCUT2D eigenvalue weighted by Gasteiger charge is -2.63. The van der Waals surface area contributed by atoms with Crippen molar-refractivity contribution in [1.82, 2.24) is 0 Å². The van der Waals surface area contributed by atoms with Gasteiger partial charge in [0.25, 0.3) is 0 Å². The molecule has 4 heteroatoms. The first-order valence-electron chi connectivity index (χ1n) is 9.46. The molecular formula is C21H28O4. The molecule has 2 bridgehead atoms. The van der Waals surface area contributed by atoms with Gasteiger partial charge in [-0.2, -0.15) is 0 Å². The van der Waals surface area contributed by atoms with Crippen molar-refractivity contribution in [1.29, 1.82) is 0 Å². The van der Waals surface area contributed by atoms with E-state index in [0.29, 0.717) is 31.5 Å². The predicted molar refractivity (Wildman–Crippen MR) is 94.3 cm³/mol. The van der Waals surface area contributed by atoms with Gasteiger partial charge < -0.3 is 14.2 Å². The Morgan fingerprint density at radius 3 is 2.84 bits per heavy atom. The Labute approximate surface area is 149 Å². The fourth-order valence-corrected chi connectivity index (χ4v) is 5.57. The van der Waals surface area contributed by atoms with Crippen LogP contribution in [0.4, 0.5) is 0 Å². The summed E-state index contributed by atoms with van der Waals surface area (Å²) >= 11 is 0. The molecule has 136 valence electrons. The molecule has 1 saturated heterocycles. The molecule has 0 N–H and O–H groups in total. The first-order chi connectivity index (χ1) is 11.9. The van der Waals surface area contributed by atoms with E-state index in [1.54, 1.807) is 0 Å². The predicted octanol–water partition coefficient (Wildman–Crippen LogP) is 4.14. The van der Waals surface area contributed by atoms with Crippen molar-refractivity contribution in [3.05, 3.63) is 29.8 Å². The molecule has 3 aliphatic rings. The first kappa shape index (κ1) is 16.9. The van der Waals surface area contributed by atoms with Gasteiger partial charge in [-0.1, -0.05) is 39.0 Å². The summed E-state index contributed by atoms with van der Waals surface area (Å²) in [7, 11) is 0. The number of benzene rings is 1. The minimum absolute atomic E-state index is 0.0625. The number of para-hydroxylation sites is 1. The van der Waals surface area contributed by atoms with E-state index in [1.165, 1.54) is 0 Å². The largest absolute Gasteiger partial charge is 0.487 e. The van der Waals surface area contributed by atoms with Crippen LogP contribution in [0.3, 0.4) is 0 Å². The maximum atomic E-state index is 11.8. The number of hydrogen-bond donors (Lipinski definition) is 0. The van der Waals surface area contributed by atoms with Crippen LogP contribution in [-0.4, -0.2) is 24.8 Å². The van der Waals surface area contributed by atoms with Crippen LogP contribution in [0.15, 0.2) is 24.3 Å². The monoisotopic (exact) mass is 344 g/mol. The highest BCUT2D eigenvalue weighted by Gasteiger charge is 2.64. The lowest BCUT2D eigenvalue weighted by molar-refractivity contribution is -0.262. The van der Waals surface area contributed by atoms with E-state index >= 15 is 0 Å². The molecule has 1 aromatic rings. The quantitative estimate of drug-likeness (QED) is 0.773. The Balaban J connectivity index is 1.72. The van der Waals surface area contributed by atoms with Crippen molar-refractivity contribution in [3.8, 4) is 5.75 Å². The number of esters is 1. The van der Waals surface area contributed by atoms with Crippen LogP contribution in [0.5, 0.6) is 5.75 Å². The van der Waals surface area contributed by atoms with Crippen LogP contribution >= 0.6 is 0 Å². The van der Waals surface area contributed by atoms with Gasteiger partial charge in [0.1, 0.15) is 11.4 Å². The van der Waals surface area contributed by atoms with Crippen molar-refractivity contribution < 1.29 is 19.0 Å². The van der Waals surface area contributed by atoms with E-state index in [2.05, 4.69) is 39.0 Å². The van der Waals surface area contributed by atoms with E-state index in [9.17, 15) is 4.79 Å². The van der Waals surface area contributed by atoms with Crippen molar-refractivity contribution in [2.45, 2.75) is 52.2 Å². The summed E-state index contributed by atoms with van der Waals surface area (Å²) in [5.41, 5.74) is 0.794. The van der Waals surface area contributed by atoms with Crippen molar-refractivity contribution in [2.24, 2.45) is 23.2 Å². The minimum Gasteiger partial charge on any atom is -0.487 e. The van der Waals surface area contributed by atoms with E-state index < -0.39 is 0 Å². The highest BCUT2D eigenvalue weighted by Crippen LogP contribution is 2.63. The van der Waals surface area contributed by atoms with Crippen LogP contribution in [-0.2, 0) is 14.3 Å². The zero-order valence-corrected chi connectivity index (χ0v) is 15.6. The summed E-state index contributed by atoms with van der Waals surface area (Å²) < 4.78 is 18.6. The highest BCUT2D eigenvalue weighted by molar-refractivity contribution is 5.68. The molecule has 6 atom stereocenters. The molecule has 4 rings (SSSR count). The number of carbonyl (C=O) groups is 1. The molecule has 0 radical (unpaired) electrons. The SMILES string of the molecule is CCC(=O)OC[C@]12CO[C@@H]3c4ccccc4O[C@](C)(C[C@@H]1C)[C@H]3[C@@H]2C. The number of rotatable bonds is 3. The lowest BCUT2D eigenvalue weighted by Crippen LogP contribution is -2.66. The summed E-state index contributed by atoms with van der Waals surface area (Å²) in [6, 6.07) is 8.24. The Bertz CT molecular complexity index is 686. The molecule has 4 nitrogen and oxygen atoms in total. The molecule has 2 heterocycles. The fourth-order valence-electron chi connectivity index (χ4n) is 5.57. The summed E-state index contributed by atoms with van der Waals surface area (Å²) in [6.45, 7) is 9.70. The molecule has 1 aromatic carbocycles. The molecule has 2 aliphatic heterocycles. The maximum Gasteiger partial charge on any atom is 0.305 e. The summed E-state index contributed by atoms with van der Waals surface area (Å²) in [4.78, 5) is 11.8. The Morgan fingerprint density at radius 2 is 2.08 bits per heavy atom. The molecule has 25 heavy (non-hydrogen) atoms. The molecule has 0 spiro atoms. The summed E-state index contributed by atoms with van der Waals surface area (Å²) in [5, 5.41) is 0. The van der Waals surface area contributed by atoms with Crippen LogP contribution < -0.4 is 4.74 Å². The molecule has 2 fully saturated rings. The normalized spacial score (nSPS) is 41.4. The second-order valence-corrected chi connectivity index (χ2v) is 8.35. The first-order valence-corrected chi connectivity index (χ1v) is 9.46. The van der Waals surface area contributed by atoms with Gasteiger partial charge in [-0.3, -0.25) is 4.79 Å². The molecule has 0 aromatic heterocycles. The Morgan fingerprint density at radius 1 is 1.32 bits per heavy atom. The number of carbonyl (C=O) groups excluding carboxylic acids is 1. The molecule has 1 aliphatic carbocycles. The second kappa shape index (κ2) is 5.73. The van der Waals surface area contributed by atoms with Crippen LogP contribution in [0, 0.1) is 23.2 Å². The number of fused-ring (bicyclic) bond motifs is 3. The Kier molecular flexibility index (Phi) is 3.87. The average molecular weight is 344 g/mol. The topological polar surface area (TPSA) is 44.8 Å². The zero-order valence-electron chi connectivity index (χ0n) is 15.6. The molecular weight excluding hydrogens is 316 g/mol. The molecule has 0 unspecified atom stereocenters. The van der Waals surface area contributed by atoms with E-state index in [-0.39, 0.29) is 29.0 Å².